The van der Waals surface area contributed by atoms with Crippen molar-refractivity contribution in [1.29, 1.82) is 0 Å². The van der Waals surface area contributed by atoms with Gasteiger partial charge in [-0.05, 0) is 48.0 Å². The highest BCUT2D eigenvalue weighted by atomic mass is 16.5. The Morgan fingerprint density at radius 3 is 2.70 bits per heavy atom. The SMILES string of the molecule is COc1cccc(C(=O)N/N=C\c2ccc(O)cc2)c1. The van der Waals surface area contributed by atoms with Crippen LogP contribution in [0.4, 0.5) is 0 Å². The third kappa shape index (κ3) is 3.58. The monoisotopic (exact) mass is 270 g/mol. The van der Waals surface area contributed by atoms with Gasteiger partial charge in [0.05, 0.1) is 13.3 Å². The number of rotatable bonds is 4. The van der Waals surface area contributed by atoms with Crippen molar-refractivity contribution >= 4 is 12.1 Å². The molecule has 0 radical (unpaired) electrons. The minimum atomic E-state index is -0.320. The van der Waals surface area contributed by atoms with Crippen molar-refractivity contribution in [2.24, 2.45) is 5.10 Å². The molecule has 0 atom stereocenters. The van der Waals surface area contributed by atoms with Gasteiger partial charge in [-0.25, -0.2) is 5.43 Å². The Bertz CT molecular complexity index is 621. The summed E-state index contributed by atoms with van der Waals surface area (Å²) in [5, 5.41) is 13.0. The lowest BCUT2D eigenvalue weighted by atomic mass is 10.2. The van der Waals surface area contributed by atoms with E-state index in [-0.39, 0.29) is 11.7 Å². The summed E-state index contributed by atoms with van der Waals surface area (Å²) < 4.78 is 5.05. The van der Waals surface area contributed by atoms with Gasteiger partial charge in [-0.3, -0.25) is 4.79 Å². The normalized spacial score (nSPS) is 10.4. The lowest BCUT2D eigenvalue weighted by Gasteiger charge is -2.02. The van der Waals surface area contributed by atoms with E-state index in [1.807, 2.05) is 0 Å². The molecule has 102 valence electrons. The lowest BCUT2D eigenvalue weighted by Crippen LogP contribution is -2.17. The maximum Gasteiger partial charge on any atom is 0.271 e. The average Bonchev–Trinajstić information content (AvgIpc) is 2.49. The molecule has 0 aliphatic rings. The summed E-state index contributed by atoms with van der Waals surface area (Å²) in [4.78, 5) is 11.8. The number of nitrogens with one attached hydrogen (secondary N) is 1. The van der Waals surface area contributed by atoms with Gasteiger partial charge >= 0.3 is 0 Å². The van der Waals surface area contributed by atoms with Crippen LogP contribution < -0.4 is 10.2 Å². The first-order valence-corrected chi connectivity index (χ1v) is 5.95. The van der Waals surface area contributed by atoms with Crippen molar-refractivity contribution in [3.8, 4) is 11.5 Å². The summed E-state index contributed by atoms with van der Waals surface area (Å²) in [6, 6.07) is 13.3. The van der Waals surface area contributed by atoms with Crippen LogP contribution in [0.2, 0.25) is 0 Å². The Morgan fingerprint density at radius 1 is 1.25 bits per heavy atom. The molecule has 5 heteroatoms. The third-order valence-electron chi connectivity index (χ3n) is 2.60. The Balaban J connectivity index is 1.99. The van der Waals surface area contributed by atoms with Crippen LogP contribution in [0.1, 0.15) is 15.9 Å². The number of methoxy groups -OCH3 is 1. The highest BCUT2D eigenvalue weighted by Gasteiger charge is 2.04. The smallest absolute Gasteiger partial charge is 0.271 e. The Kier molecular flexibility index (Phi) is 4.34. The molecule has 0 aromatic heterocycles. The van der Waals surface area contributed by atoms with Gasteiger partial charge in [-0.15, -0.1) is 0 Å². The molecule has 5 nitrogen and oxygen atoms in total. The first-order valence-electron chi connectivity index (χ1n) is 5.95. The van der Waals surface area contributed by atoms with Crippen LogP contribution in [0, 0.1) is 0 Å². The number of phenols is 1. The van der Waals surface area contributed by atoms with Crippen LogP contribution in [0.3, 0.4) is 0 Å². The Morgan fingerprint density at radius 2 is 2.00 bits per heavy atom. The second-order valence-electron chi connectivity index (χ2n) is 4.02. The predicted molar refractivity (Wildman–Crippen MR) is 76.2 cm³/mol. The number of carbonyl (C=O) groups is 1. The van der Waals surface area contributed by atoms with E-state index in [0.717, 1.165) is 5.56 Å². The number of hydrogen-bond acceptors (Lipinski definition) is 4. The second-order valence-corrected chi connectivity index (χ2v) is 4.02. The van der Waals surface area contributed by atoms with E-state index in [2.05, 4.69) is 10.5 Å². The van der Waals surface area contributed by atoms with Crippen LogP contribution in [0.5, 0.6) is 11.5 Å². The van der Waals surface area contributed by atoms with E-state index >= 15 is 0 Å². The average molecular weight is 270 g/mol. The van der Waals surface area contributed by atoms with Crippen molar-refractivity contribution in [3.63, 3.8) is 0 Å². The van der Waals surface area contributed by atoms with Crippen molar-refractivity contribution in [3.05, 3.63) is 59.7 Å². The van der Waals surface area contributed by atoms with Crippen molar-refractivity contribution in [1.82, 2.24) is 5.43 Å². The minimum absolute atomic E-state index is 0.183. The molecule has 0 heterocycles. The molecule has 20 heavy (non-hydrogen) atoms. The van der Waals surface area contributed by atoms with Crippen LogP contribution in [-0.4, -0.2) is 24.3 Å². The fraction of sp³-hybridized carbons (Fsp3) is 0.0667. The molecule has 0 spiro atoms. The molecule has 0 unspecified atom stereocenters. The number of ether oxygens (including phenoxy) is 1. The number of benzene rings is 2. The number of hydrogen-bond donors (Lipinski definition) is 2. The zero-order valence-electron chi connectivity index (χ0n) is 10.9. The number of amides is 1. The Labute approximate surface area is 116 Å². The van der Waals surface area contributed by atoms with E-state index in [4.69, 9.17) is 9.84 Å². The standard InChI is InChI=1S/C15H14N2O3/c1-20-14-4-2-3-12(9-14)15(19)17-16-10-11-5-7-13(18)8-6-11/h2-10,18H,1H3,(H,17,19)/b16-10-. The van der Waals surface area contributed by atoms with Gasteiger partial charge in [0.25, 0.3) is 5.91 Å². The molecular formula is C15H14N2O3. The van der Waals surface area contributed by atoms with Gasteiger partial charge in [-0.1, -0.05) is 6.07 Å². The summed E-state index contributed by atoms with van der Waals surface area (Å²) >= 11 is 0. The highest BCUT2D eigenvalue weighted by molar-refractivity contribution is 5.95. The first-order chi connectivity index (χ1) is 9.69. The van der Waals surface area contributed by atoms with Crippen molar-refractivity contribution in [2.75, 3.05) is 7.11 Å². The summed E-state index contributed by atoms with van der Waals surface area (Å²) in [6.45, 7) is 0. The maximum absolute atomic E-state index is 11.8. The van der Waals surface area contributed by atoms with Crippen molar-refractivity contribution < 1.29 is 14.6 Å². The largest absolute Gasteiger partial charge is 0.508 e. The number of hydrazone groups is 1. The molecule has 2 aromatic rings. The minimum Gasteiger partial charge on any atom is -0.508 e. The molecule has 0 fully saturated rings. The van der Waals surface area contributed by atoms with E-state index in [0.29, 0.717) is 11.3 Å². The van der Waals surface area contributed by atoms with Crippen LogP contribution in [0.15, 0.2) is 53.6 Å². The molecule has 2 rings (SSSR count). The molecule has 0 bridgehead atoms. The van der Waals surface area contributed by atoms with E-state index in [1.165, 1.54) is 6.21 Å². The number of carbonyl (C=O) groups excluding carboxylic acids is 1. The van der Waals surface area contributed by atoms with E-state index < -0.39 is 0 Å². The summed E-state index contributed by atoms with van der Waals surface area (Å²) in [5.74, 6) is 0.474. The number of nitrogens with zero attached hydrogens (tertiary/aromatic N) is 1. The first kappa shape index (κ1) is 13.6. The van der Waals surface area contributed by atoms with Gasteiger partial charge in [0, 0.05) is 5.56 Å². The molecule has 2 N–H and O–H groups in total. The van der Waals surface area contributed by atoms with Crippen LogP contribution in [-0.2, 0) is 0 Å². The zero-order chi connectivity index (χ0) is 14.4. The molecule has 0 saturated carbocycles. The number of aromatic hydroxyl groups is 1. The van der Waals surface area contributed by atoms with Crippen LogP contribution in [0.25, 0.3) is 0 Å². The lowest BCUT2D eigenvalue weighted by molar-refractivity contribution is 0.0955. The summed E-state index contributed by atoms with van der Waals surface area (Å²) in [6.07, 6.45) is 1.50. The van der Waals surface area contributed by atoms with Gasteiger partial charge in [-0.2, -0.15) is 5.10 Å². The molecule has 0 aliphatic carbocycles. The molecule has 0 aliphatic heterocycles. The van der Waals surface area contributed by atoms with E-state index in [9.17, 15) is 4.79 Å². The third-order valence-corrected chi connectivity index (χ3v) is 2.60. The molecule has 0 saturated heterocycles. The predicted octanol–water partition coefficient (Wildman–Crippen LogP) is 2.16. The van der Waals surface area contributed by atoms with Crippen LogP contribution >= 0.6 is 0 Å². The topological polar surface area (TPSA) is 70.9 Å². The van der Waals surface area contributed by atoms with Gasteiger partial charge in [0.2, 0.25) is 0 Å². The molecule has 2 aromatic carbocycles. The summed E-state index contributed by atoms with van der Waals surface area (Å²) in [7, 11) is 1.54. The van der Waals surface area contributed by atoms with E-state index in [1.54, 1.807) is 55.6 Å². The quantitative estimate of drug-likeness (QED) is 0.660. The molecule has 1 amide bonds. The van der Waals surface area contributed by atoms with Gasteiger partial charge < -0.3 is 9.84 Å². The number of phenolic OH excluding ortho intramolecular Hbond substituents is 1. The maximum atomic E-state index is 11.8. The Hall–Kier alpha value is -2.82. The molecular weight excluding hydrogens is 256 g/mol. The fourth-order valence-electron chi connectivity index (χ4n) is 1.55. The zero-order valence-corrected chi connectivity index (χ0v) is 10.9. The fourth-order valence-corrected chi connectivity index (χ4v) is 1.55. The van der Waals surface area contributed by atoms with Crippen molar-refractivity contribution in [2.45, 2.75) is 0 Å². The van der Waals surface area contributed by atoms with Gasteiger partial charge in [0.15, 0.2) is 0 Å². The highest BCUT2D eigenvalue weighted by Crippen LogP contribution is 2.12. The summed E-state index contributed by atoms with van der Waals surface area (Å²) in [5.41, 5.74) is 3.66. The second kappa shape index (κ2) is 6.38. The van der Waals surface area contributed by atoms with Gasteiger partial charge in [0.1, 0.15) is 11.5 Å².